The van der Waals surface area contributed by atoms with Gasteiger partial charge in [-0.3, -0.25) is 4.79 Å². The van der Waals surface area contributed by atoms with Crippen LogP contribution in [0.15, 0.2) is 24.3 Å². The summed E-state index contributed by atoms with van der Waals surface area (Å²) >= 11 is 0. The van der Waals surface area contributed by atoms with Crippen molar-refractivity contribution in [3.05, 3.63) is 29.8 Å². The minimum absolute atomic E-state index is 0.0827. The predicted octanol–water partition coefficient (Wildman–Crippen LogP) is 2.05. The standard InChI is InChI=1S/C13H19NO2/c1-10(2)9-14(3)13(16)8-11-5-4-6-12(15)7-11/h4-7,10,15H,8-9H2,1-3H3. The molecule has 1 aromatic carbocycles. The molecule has 0 aromatic heterocycles. The van der Waals surface area contributed by atoms with Crippen molar-refractivity contribution in [2.75, 3.05) is 13.6 Å². The van der Waals surface area contributed by atoms with Crippen LogP contribution in [0.25, 0.3) is 0 Å². The lowest BCUT2D eigenvalue weighted by Gasteiger charge is -2.19. The zero-order valence-corrected chi connectivity index (χ0v) is 10.1. The number of phenols is 1. The molecule has 0 radical (unpaired) electrons. The molecule has 0 saturated carbocycles. The first-order valence-corrected chi connectivity index (χ1v) is 5.51. The van der Waals surface area contributed by atoms with Gasteiger partial charge in [-0.05, 0) is 23.6 Å². The van der Waals surface area contributed by atoms with Crippen molar-refractivity contribution in [3.63, 3.8) is 0 Å². The van der Waals surface area contributed by atoms with Gasteiger partial charge in [0.05, 0.1) is 6.42 Å². The summed E-state index contributed by atoms with van der Waals surface area (Å²) in [6.45, 7) is 4.92. The topological polar surface area (TPSA) is 40.5 Å². The SMILES string of the molecule is CC(C)CN(C)C(=O)Cc1cccc(O)c1. The Balaban J connectivity index is 2.57. The lowest BCUT2D eigenvalue weighted by atomic mass is 10.1. The Morgan fingerprint density at radius 1 is 1.44 bits per heavy atom. The maximum absolute atomic E-state index is 11.8. The van der Waals surface area contributed by atoms with E-state index in [-0.39, 0.29) is 11.7 Å². The highest BCUT2D eigenvalue weighted by molar-refractivity contribution is 5.78. The summed E-state index contributed by atoms with van der Waals surface area (Å²) < 4.78 is 0. The molecule has 1 amide bonds. The van der Waals surface area contributed by atoms with Crippen LogP contribution in [-0.4, -0.2) is 29.5 Å². The van der Waals surface area contributed by atoms with E-state index in [1.165, 1.54) is 0 Å². The van der Waals surface area contributed by atoms with Crippen molar-refractivity contribution < 1.29 is 9.90 Å². The molecule has 1 rings (SSSR count). The molecule has 0 saturated heterocycles. The number of hydrogen-bond acceptors (Lipinski definition) is 2. The molecule has 0 unspecified atom stereocenters. The normalized spacial score (nSPS) is 10.5. The van der Waals surface area contributed by atoms with Gasteiger partial charge in [0, 0.05) is 13.6 Å². The number of likely N-dealkylation sites (N-methyl/N-ethyl adjacent to an activating group) is 1. The van der Waals surface area contributed by atoms with Gasteiger partial charge in [-0.15, -0.1) is 0 Å². The molecule has 0 heterocycles. The van der Waals surface area contributed by atoms with Crippen LogP contribution >= 0.6 is 0 Å². The number of hydrogen-bond donors (Lipinski definition) is 1. The zero-order chi connectivity index (χ0) is 12.1. The number of benzene rings is 1. The van der Waals surface area contributed by atoms with Crippen LogP contribution in [0, 0.1) is 5.92 Å². The van der Waals surface area contributed by atoms with Crippen molar-refractivity contribution in [2.24, 2.45) is 5.92 Å². The van der Waals surface area contributed by atoms with Crippen LogP contribution in [0.4, 0.5) is 0 Å². The summed E-state index contributed by atoms with van der Waals surface area (Å²) in [6.07, 6.45) is 0.345. The molecule has 0 spiro atoms. The molecule has 1 aromatic rings. The second-order valence-electron chi connectivity index (χ2n) is 4.51. The van der Waals surface area contributed by atoms with Gasteiger partial charge in [0.1, 0.15) is 5.75 Å². The van der Waals surface area contributed by atoms with Gasteiger partial charge in [0.15, 0.2) is 0 Å². The minimum atomic E-state index is 0.0827. The van der Waals surface area contributed by atoms with Crippen LogP contribution in [-0.2, 0) is 11.2 Å². The Labute approximate surface area is 96.7 Å². The second kappa shape index (κ2) is 5.54. The smallest absolute Gasteiger partial charge is 0.226 e. The first-order chi connectivity index (χ1) is 7.49. The van der Waals surface area contributed by atoms with E-state index >= 15 is 0 Å². The van der Waals surface area contributed by atoms with E-state index in [1.54, 1.807) is 23.1 Å². The van der Waals surface area contributed by atoms with Crippen LogP contribution < -0.4 is 0 Å². The molecule has 3 nitrogen and oxygen atoms in total. The van der Waals surface area contributed by atoms with E-state index in [1.807, 2.05) is 13.1 Å². The first kappa shape index (κ1) is 12.6. The summed E-state index contributed by atoms with van der Waals surface area (Å²) in [4.78, 5) is 13.5. The Bertz CT molecular complexity index is 361. The Morgan fingerprint density at radius 2 is 2.12 bits per heavy atom. The second-order valence-corrected chi connectivity index (χ2v) is 4.51. The van der Waals surface area contributed by atoms with Crippen molar-refractivity contribution in [1.29, 1.82) is 0 Å². The highest BCUT2D eigenvalue weighted by Gasteiger charge is 2.10. The van der Waals surface area contributed by atoms with E-state index in [9.17, 15) is 9.90 Å². The van der Waals surface area contributed by atoms with Crippen molar-refractivity contribution in [1.82, 2.24) is 4.90 Å². The van der Waals surface area contributed by atoms with Crippen molar-refractivity contribution >= 4 is 5.91 Å². The summed E-state index contributed by atoms with van der Waals surface area (Å²) in [5, 5.41) is 9.29. The molecule has 0 bridgehead atoms. The number of phenolic OH excluding ortho intramolecular Hbond substituents is 1. The van der Waals surface area contributed by atoms with Crippen molar-refractivity contribution in [2.45, 2.75) is 20.3 Å². The molecule has 0 atom stereocenters. The average molecular weight is 221 g/mol. The van der Waals surface area contributed by atoms with E-state index in [4.69, 9.17) is 0 Å². The summed E-state index contributed by atoms with van der Waals surface area (Å²) in [5.41, 5.74) is 0.848. The Hall–Kier alpha value is -1.51. The summed E-state index contributed by atoms with van der Waals surface area (Å²) in [5.74, 6) is 0.759. The fraction of sp³-hybridized carbons (Fsp3) is 0.462. The molecule has 0 aliphatic rings. The number of aromatic hydroxyl groups is 1. The van der Waals surface area contributed by atoms with Crippen LogP contribution in [0.1, 0.15) is 19.4 Å². The number of nitrogens with zero attached hydrogens (tertiary/aromatic N) is 1. The van der Waals surface area contributed by atoms with E-state index in [0.717, 1.165) is 12.1 Å². The quantitative estimate of drug-likeness (QED) is 0.845. The largest absolute Gasteiger partial charge is 0.508 e. The molecular formula is C13H19NO2. The lowest BCUT2D eigenvalue weighted by molar-refractivity contribution is -0.129. The number of carbonyl (C=O) groups excluding carboxylic acids is 1. The lowest BCUT2D eigenvalue weighted by Crippen LogP contribution is -2.31. The summed E-state index contributed by atoms with van der Waals surface area (Å²) in [7, 11) is 1.81. The highest BCUT2D eigenvalue weighted by Crippen LogP contribution is 2.12. The van der Waals surface area contributed by atoms with Crippen LogP contribution in [0.2, 0.25) is 0 Å². The number of amides is 1. The van der Waals surface area contributed by atoms with Crippen LogP contribution in [0.5, 0.6) is 5.75 Å². The molecule has 0 fully saturated rings. The fourth-order valence-corrected chi connectivity index (χ4v) is 1.63. The molecule has 16 heavy (non-hydrogen) atoms. The molecule has 88 valence electrons. The molecule has 3 heteroatoms. The minimum Gasteiger partial charge on any atom is -0.508 e. The van der Waals surface area contributed by atoms with Gasteiger partial charge in [-0.25, -0.2) is 0 Å². The first-order valence-electron chi connectivity index (χ1n) is 5.51. The maximum atomic E-state index is 11.8. The summed E-state index contributed by atoms with van der Waals surface area (Å²) in [6, 6.07) is 6.83. The Morgan fingerprint density at radius 3 is 2.69 bits per heavy atom. The van der Waals surface area contributed by atoms with Gasteiger partial charge >= 0.3 is 0 Å². The van der Waals surface area contributed by atoms with Crippen molar-refractivity contribution in [3.8, 4) is 5.75 Å². The third-order valence-corrected chi connectivity index (χ3v) is 2.33. The fourth-order valence-electron chi connectivity index (χ4n) is 1.63. The maximum Gasteiger partial charge on any atom is 0.226 e. The molecule has 0 aliphatic carbocycles. The van der Waals surface area contributed by atoms with E-state index in [2.05, 4.69) is 13.8 Å². The van der Waals surface area contributed by atoms with Gasteiger partial charge in [-0.2, -0.15) is 0 Å². The van der Waals surface area contributed by atoms with Gasteiger partial charge in [0.2, 0.25) is 5.91 Å². The predicted molar refractivity (Wildman–Crippen MR) is 64.3 cm³/mol. The van der Waals surface area contributed by atoms with Gasteiger partial charge < -0.3 is 10.0 Å². The van der Waals surface area contributed by atoms with Gasteiger partial charge in [-0.1, -0.05) is 26.0 Å². The molecule has 1 N–H and O–H groups in total. The number of rotatable bonds is 4. The number of carbonyl (C=O) groups is 1. The van der Waals surface area contributed by atoms with Gasteiger partial charge in [0.25, 0.3) is 0 Å². The van der Waals surface area contributed by atoms with E-state index < -0.39 is 0 Å². The van der Waals surface area contributed by atoms with E-state index in [0.29, 0.717) is 12.3 Å². The average Bonchev–Trinajstić information content (AvgIpc) is 2.16. The molecule has 0 aliphatic heterocycles. The third-order valence-electron chi connectivity index (χ3n) is 2.33. The van der Waals surface area contributed by atoms with Crippen LogP contribution in [0.3, 0.4) is 0 Å². The molecular weight excluding hydrogens is 202 g/mol. The monoisotopic (exact) mass is 221 g/mol. The third kappa shape index (κ3) is 3.93. The zero-order valence-electron chi connectivity index (χ0n) is 10.1. The highest BCUT2D eigenvalue weighted by atomic mass is 16.3. The Kier molecular flexibility index (Phi) is 4.35.